The van der Waals surface area contributed by atoms with Gasteiger partial charge in [0.05, 0.1) is 6.04 Å². The predicted octanol–water partition coefficient (Wildman–Crippen LogP) is 3.51. The number of hydrogen-bond donors (Lipinski definition) is 1. The maximum atomic E-state index is 6.11. The molecule has 17 heavy (non-hydrogen) atoms. The van der Waals surface area contributed by atoms with Crippen molar-refractivity contribution in [1.29, 1.82) is 0 Å². The van der Waals surface area contributed by atoms with Crippen LogP contribution in [0.25, 0.3) is 10.9 Å². The topological polar surface area (TPSA) is 19.0 Å². The molecule has 0 unspecified atom stereocenters. The van der Waals surface area contributed by atoms with Crippen LogP contribution >= 0.6 is 11.6 Å². The van der Waals surface area contributed by atoms with Gasteiger partial charge in [-0.2, -0.15) is 0 Å². The molecule has 1 N–H and O–H groups in total. The molecule has 3 heterocycles. The molecule has 1 aromatic heterocycles. The summed E-state index contributed by atoms with van der Waals surface area (Å²) in [6.07, 6.45) is 3.79. The third-order valence-corrected chi connectivity index (χ3v) is 4.48. The first kappa shape index (κ1) is 9.98. The Balaban J connectivity index is 1.96. The van der Waals surface area contributed by atoms with Gasteiger partial charge in [0.1, 0.15) is 0 Å². The van der Waals surface area contributed by atoms with E-state index in [4.69, 9.17) is 11.6 Å². The van der Waals surface area contributed by atoms with Gasteiger partial charge >= 0.3 is 0 Å². The van der Waals surface area contributed by atoms with Gasteiger partial charge in [0.2, 0.25) is 0 Å². The van der Waals surface area contributed by atoms with E-state index in [1.165, 1.54) is 48.1 Å². The van der Waals surface area contributed by atoms with Crippen molar-refractivity contribution in [2.24, 2.45) is 0 Å². The molecule has 0 radical (unpaired) electrons. The number of H-pyrrole nitrogens is 1. The Morgan fingerprint density at radius 2 is 2.24 bits per heavy atom. The Bertz CT molecular complexity index is 587. The van der Waals surface area contributed by atoms with Crippen molar-refractivity contribution in [1.82, 2.24) is 9.88 Å². The molecule has 4 rings (SSSR count). The summed E-state index contributed by atoms with van der Waals surface area (Å²) in [5.74, 6) is 0. The normalized spacial score (nSPS) is 23.9. The van der Waals surface area contributed by atoms with Crippen LogP contribution in [0, 0.1) is 0 Å². The summed E-state index contributed by atoms with van der Waals surface area (Å²) in [4.78, 5) is 6.22. The first-order valence-electron chi connectivity index (χ1n) is 6.37. The Hall–Kier alpha value is -0.990. The average molecular weight is 247 g/mol. The van der Waals surface area contributed by atoms with Gasteiger partial charge in [-0.1, -0.05) is 11.6 Å². The molecular formula is C14H15ClN2. The zero-order valence-corrected chi connectivity index (χ0v) is 10.4. The summed E-state index contributed by atoms with van der Waals surface area (Å²) in [6, 6.07) is 6.81. The van der Waals surface area contributed by atoms with Crippen molar-refractivity contribution < 1.29 is 0 Å². The first-order valence-corrected chi connectivity index (χ1v) is 6.75. The Morgan fingerprint density at radius 3 is 3.18 bits per heavy atom. The van der Waals surface area contributed by atoms with Crippen LogP contribution in [-0.2, 0) is 6.42 Å². The summed E-state index contributed by atoms with van der Waals surface area (Å²) in [5, 5.41) is 2.17. The van der Waals surface area contributed by atoms with Gasteiger partial charge in [0, 0.05) is 28.2 Å². The van der Waals surface area contributed by atoms with Gasteiger partial charge in [0.25, 0.3) is 0 Å². The van der Waals surface area contributed by atoms with Gasteiger partial charge in [-0.3, -0.25) is 4.90 Å². The van der Waals surface area contributed by atoms with E-state index in [9.17, 15) is 0 Å². The van der Waals surface area contributed by atoms with Crippen molar-refractivity contribution in [3.05, 3.63) is 34.5 Å². The van der Waals surface area contributed by atoms with E-state index in [0.29, 0.717) is 6.04 Å². The molecule has 1 aromatic carbocycles. The van der Waals surface area contributed by atoms with E-state index in [1.807, 2.05) is 6.07 Å². The maximum absolute atomic E-state index is 6.11. The van der Waals surface area contributed by atoms with Crippen molar-refractivity contribution in [2.75, 3.05) is 13.1 Å². The minimum Gasteiger partial charge on any atom is -0.357 e. The predicted molar refractivity (Wildman–Crippen MR) is 70.6 cm³/mol. The fourth-order valence-corrected chi connectivity index (χ4v) is 3.64. The fourth-order valence-electron chi connectivity index (χ4n) is 3.47. The molecule has 1 fully saturated rings. The number of fused-ring (bicyclic) bond motifs is 5. The van der Waals surface area contributed by atoms with Crippen LogP contribution < -0.4 is 0 Å². The molecule has 0 aliphatic carbocycles. The van der Waals surface area contributed by atoms with E-state index in [2.05, 4.69) is 22.0 Å². The van der Waals surface area contributed by atoms with Crippen LogP contribution in [0.3, 0.4) is 0 Å². The number of nitrogens with zero attached hydrogens (tertiary/aromatic N) is 1. The molecule has 3 heteroatoms. The standard InChI is InChI=1S/C14H15ClN2/c15-9-3-4-12-11(8-9)10-5-7-17-6-1-2-13(17)14(10)16-12/h3-4,8,13,16H,1-2,5-7H2/t13-/m1/s1. The van der Waals surface area contributed by atoms with Gasteiger partial charge in [-0.15, -0.1) is 0 Å². The second-order valence-corrected chi connectivity index (χ2v) is 5.59. The van der Waals surface area contributed by atoms with E-state index >= 15 is 0 Å². The number of aromatic amines is 1. The lowest BCUT2D eigenvalue weighted by Crippen LogP contribution is -2.30. The molecule has 1 saturated heterocycles. The van der Waals surface area contributed by atoms with Crippen LogP contribution in [0.2, 0.25) is 5.02 Å². The fraction of sp³-hybridized carbons (Fsp3) is 0.429. The lowest BCUT2D eigenvalue weighted by Gasteiger charge is -2.29. The minimum absolute atomic E-state index is 0.630. The van der Waals surface area contributed by atoms with Crippen molar-refractivity contribution >= 4 is 22.5 Å². The van der Waals surface area contributed by atoms with E-state index in [-0.39, 0.29) is 0 Å². The number of hydrogen-bond acceptors (Lipinski definition) is 1. The molecular weight excluding hydrogens is 232 g/mol. The smallest absolute Gasteiger partial charge is 0.0502 e. The van der Waals surface area contributed by atoms with E-state index in [1.54, 1.807) is 0 Å². The number of halogens is 1. The zero-order chi connectivity index (χ0) is 11.4. The molecule has 0 bridgehead atoms. The highest BCUT2D eigenvalue weighted by Gasteiger charge is 2.33. The molecule has 2 aromatic rings. The van der Waals surface area contributed by atoms with Gasteiger partial charge in [-0.25, -0.2) is 0 Å². The van der Waals surface area contributed by atoms with E-state index in [0.717, 1.165) is 11.4 Å². The lowest BCUT2D eigenvalue weighted by atomic mass is 9.98. The van der Waals surface area contributed by atoms with Crippen LogP contribution in [0.15, 0.2) is 18.2 Å². The molecule has 0 amide bonds. The SMILES string of the molecule is Clc1ccc2[nH]c3c(c2c1)CCN1CCC[C@H]31. The highest BCUT2D eigenvalue weighted by atomic mass is 35.5. The molecule has 2 aliphatic rings. The highest BCUT2D eigenvalue weighted by Crippen LogP contribution is 2.40. The third-order valence-electron chi connectivity index (χ3n) is 4.25. The second-order valence-electron chi connectivity index (χ2n) is 5.15. The van der Waals surface area contributed by atoms with Gasteiger partial charge in [-0.05, 0) is 49.6 Å². The first-order chi connectivity index (χ1) is 8.33. The van der Waals surface area contributed by atoms with Crippen molar-refractivity contribution in [3.8, 4) is 0 Å². The van der Waals surface area contributed by atoms with Gasteiger partial charge < -0.3 is 4.98 Å². The molecule has 1 atom stereocenters. The minimum atomic E-state index is 0.630. The Labute approximate surface area is 106 Å². The molecule has 2 aliphatic heterocycles. The lowest BCUT2D eigenvalue weighted by molar-refractivity contribution is 0.241. The van der Waals surface area contributed by atoms with Crippen LogP contribution in [0.1, 0.15) is 30.1 Å². The molecule has 88 valence electrons. The molecule has 0 spiro atoms. The van der Waals surface area contributed by atoms with Crippen LogP contribution in [0.4, 0.5) is 0 Å². The Morgan fingerprint density at radius 1 is 1.29 bits per heavy atom. The molecule has 2 nitrogen and oxygen atoms in total. The summed E-state index contributed by atoms with van der Waals surface area (Å²) in [6.45, 7) is 2.47. The van der Waals surface area contributed by atoms with Crippen LogP contribution in [-0.4, -0.2) is 23.0 Å². The van der Waals surface area contributed by atoms with E-state index < -0.39 is 0 Å². The largest absolute Gasteiger partial charge is 0.357 e. The number of nitrogens with one attached hydrogen (secondary N) is 1. The highest BCUT2D eigenvalue weighted by molar-refractivity contribution is 6.31. The summed E-state index contributed by atoms with van der Waals surface area (Å²) in [7, 11) is 0. The average Bonchev–Trinajstić information content (AvgIpc) is 2.91. The van der Waals surface area contributed by atoms with Crippen molar-refractivity contribution in [2.45, 2.75) is 25.3 Å². The monoisotopic (exact) mass is 246 g/mol. The third kappa shape index (κ3) is 1.37. The van der Waals surface area contributed by atoms with Crippen LogP contribution in [0.5, 0.6) is 0 Å². The summed E-state index contributed by atoms with van der Waals surface area (Å²) in [5.41, 5.74) is 4.20. The maximum Gasteiger partial charge on any atom is 0.0502 e. The molecule has 0 saturated carbocycles. The quantitative estimate of drug-likeness (QED) is 0.754. The van der Waals surface area contributed by atoms with Gasteiger partial charge in [0.15, 0.2) is 0 Å². The number of rotatable bonds is 0. The summed E-state index contributed by atoms with van der Waals surface area (Å²) >= 11 is 6.11. The second kappa shape index (κ2) is 3.50. The number of aromatic nitrogens is 1. The number of benzene rings is 1. The Kier molecular flexibility index (Phi) is 2.06. The van der Waals surface area contributed by atoms with Crippen molar-refractivity contribution in [3.63, 3.8) is 0 Å². The zero-order valence-electron chi connectivity index (χ0n) is 9.67. The summed E-state index contributed by atoms with van der Waals surface area (Å²) < 4.78 is 0.